The van der Waals surface area contributed by atoms with Crippen molar-refractivity contribution in [3.05, 3.63) is 52.9 Å². The van der Waals surface area contributed by atoms with E-state index < -0.39 is 18.0 Å². The van der Waals surface area contributed by atoms with Crippen LogP contribution < -0.4 is 5.32 Å². The Morgan fingerprint density at radius 2 is 1.97 bits per heavy atom. The van der Waals surface area contributed by atoms with Gasteiger partial charge >= 0.3 is 12.2 Å². The molecule has 1 N–H and O–H groups in total. The Balaban J connectivity index is 1.50. The fourth-order valence-corrected chi connectivity index (χ4v) is 4.00. The molecule has 3 aromatic rings. The van der Waals surface area contributed by atoms with E-state index in [0.29, 0.717) is 36.6 Å². The first-order chi connectivity index (χ1) is 14.2. The molecule has 1 aliphatic rings. The van der Waals surface area contributed by atoms with Crippen LogP contribution in [-0.2, 0) is 6.18 Å². The van der Waals surface area contributed by atoms with E-state index in [1.54, 1.807) is 23.1 Å². The number of halogens is 4. The van der Waals surface area contributed by atoms with E-state index in [2.05, 4.69) is 15.3 Å². The number of carbonyl (C=O) groups excluding carboxylic acids is 1. The molecule has 1 aliphatic heterocycles. The molecule has 0 atom stereocenters. The van der Waals surface area contributed by atoms with Crippen LogP contribution in [0.25, 0.3) is 11.2 Å². The monoisotopic (exact) mass is 437 g/mol. The fraction of sp³-hybridized carbons (Fsp3) is 0.350. The summed E-state index contributed by atoms with van der Waals surface area (Å²) < 4.78 is 41.8. The summed E-state index contributed by atoms with van der Waals surface area (Å²) in [7, 11) is 0. The highest BCUT2D eigenvalue weighted by atomic mass is 35.5. The molecule has 1 fully saturated rings. The zero-order valence-electron chi connectivity index (χ0n) is 16.1. The Morgan fingerprint density at radius 1 is 1.23 bits per heavy atom. The van der Waals surface area contributed by atoms with Gasteiger partial charge in [-0.1, -0.05) is 17.7 Å². The van der Waals surface area contributed by atoms with E-state index in [0.717, 1.165) is 5.56 Å². The smallest absolute Gasteiger partial charge is 0.324 e. The summed E-state index contributed by atoms with van der Waals surface area (Å²) in [5.74, 6) is -0.953. The minimum atomic E-state index is -4.59. The van der Waals surface area contributed by atoms with E-state index in [1.807, 2.05) is 13.0 Å². The number of anilines is 1. The third kappa shape index (κ3) is 3.94. The second-order valence-corrected chi connectivity index (χ2v) is 7.69. The molecule has 0 unspecified atom stereocenters. The molecule has 1 aromatic carbocycles. The molecule has 0 aliphatic carbocycles. The molecule has 1 saturated heterocycles. The minimum Gasteiger partial charge on any atom is -0.324 e. The SMILES string of the molecule is Cc1ccc(NC(=O)N2CCC(n3c(C(F)(F)F)nc4cccnc43)CC2)c(Cl)c1. The third-order valence-corrected chi connectivity index (χ3v) is 5.50. The van der Waals surface area contributed by atoms with Crippen molar-refractivity contribution in [2.45, 2.75) is 32.0 Å². The second-order valence-electron chi connectivity index (χ2n) is 7.28. The summed E-state index contributed by atoms with van der Waals surface area (Å²) in [6.07, 6.45) is -2.41. The number of fused-ring (bicyclic) bond motifs is 1. The first-order valence-corrected chi connectivity index (χ1v) is 9.84. The number of hydrogen-bond donors (Lipinski definition) is 1. The number of nitrogens with zero attached hydrogens (tertiary/aromatic N) is 4. The highest BCUT2D eigenvalue weighted by Gasteiger charge is 2.40. The van der Waals surface area contributed by atoms with Crippen molar-refractivity contribution in [1.82, 2.24) is 19.4 Å². The Morgan fingerprint density at radius 3 is 2.63 bits per heavy atom. The lowest BCUT2D eigenvalue weighted by Crippen LogP contribution is -2.42. The molecule has 0 saturated carbocycles. The predicted molar refractivity (Wildman–Crippen MR) is 108 cm³/mol. The first-order valence-electron chi connectivity index (χ1n) is 9.46. The molecule has 3 heterocycles. The largest absolute Gasteiger partial charge is 0.449 e. The number of nitrogens with one attached hydrogen (secondary N) is 1. The molecule has 10 heteroatoms. The zero-order chi connectivity index (χ0) is 21.5. The van der Waals surface area contributed by atoms with Gasteiger partial charge in [-0.2, -0.15) is 13.2 Å². The molecule has 0 radical (unpaired) electrons. The molecular weight excluding hydrogens is 419 g/mol. The van der Waals surface area contributed by atoms with Crippen LogP contribution in [0.2, 0.25) is 5.02 Å². The molecule has 158 valence electrons. The van der Waals surface area contributed by atoms with Crippen LogP contribution in [-0.4, -0.2) is 38.6 Å². The quantitative estimate of drug-likeness (QED) is 0.593. The van der Waals surface area contributed by atoms with Gasteiger partial charge in [-0.05, 0) is 49.6 Å². The maximum Gasteiger partial charge on any atom is 0.449 e. The van der Waals surface area contributed by atoms with Crippen molar-refractivity contribution in [2.24, 2.45) is 0 Å². The molecule has 4 rings (SSSR count). The van der Waals surface area contributed by atoms with Gasteiger partial charge in [0.25, 0.3) is 0 Å². The first kappa shape index (κ1) is 20.5. The van der Waals surface area contributed by atoms with Gasteiger partial charge in [0.1, 0.15) is 5.52 Å². The van der Waals surface area contributed by atoms with Crippen LogP contribution in [0, 0.1) is 6.92 Å². The van der Waals surface area contributed by atoms with Crippen molar-refractivity contribution in [3.63, 3.8) is 0 Å². The Labute approximate surface area is 175 Å². The molecule has 2 amide bonds. The molecule has 2 aromatic heterocycles. The molecule has 0 spiro atoms. The number of piperidine rings is 1. The van der Waals surface area contributed by atoms with Crippen molar-refractivity contribution in [3.8, 4) is 0 Å². The standard InChI is InChI=1S/C20H19ClF3N5O/c1-12-4-5-15(14(21)11-12)27-19(30)28-9-6-13(7-10-28)29-17-16(3-2-8-25-17)26-18(29)20(22,23)24/h2-5,8,11,13H,6-7,9-10H2,1H3,(H,27,30). The number of hydrogen-bond acceptors (Lipinski definition) is 3. The van der Waals surface area contributed by atoms with Crippen molar-refractivity contribution < 1.29 is 18.0 Å². The zero-order valence-corrected chi connectivity index (χ0v) is 16.8. The number of imidazole rings is 1. The van der Waals surface area contributed by atoms with E-state index in [9.17, 15) is 18.0 Å². The fourth-order valence-electron chi connectivity index (χ4n) is 3.72. The van der Waals surface area contributed by atoms with E-state index in [-0.39, 0.29) is 17.2 Å². The molecule has 30 heavy (non-hydrogen) atoms. The average molecular weight is 438 g/mol. The summed E-state index contributed by atoms with van der Waals surface area (Å²) in [5.41, 5.74) is 1.89. The lowest BCUT2D eigenvalue weighted by Gasteiger charge is -2.33. The van der Waals surface area contributed by atoms with Crippen LogP contribution in [0.1, 0.15) is 30.3 Å². The van der Waals surface area contributed by atoms with Crippen molar-refractivity contribution >= 4 is 34.5 Å². The highest BCUT2D eigenvalue weighted by molar-refractivity contribution is 6.33. The number of urea groups is 1. The Kier molecular flexibility index (Phi) is 5.31. The summed E-state index contributed by atoms with van der Waals surface area (Å²) >= 11 is 6.16. The summed E-state index contributed by atoms with van der Waals surface area (Å²) in [6, 6.07) is 7.60. The number of alkyl halides is 3. The average Bonchev–Trinajstić information content (AvgIpc) is 3.10. The maximum atomic E-state index is 13.6. The van der Waals surface area contributed by atoms with E-state index in [4.69, 9.17) is 11.6 Å². The van der Waals surface area contributed by atoms with Crippen LogP contribution in [0.3, 0.4) is 0 Å². The van der Waals surface area contributed by atoms with Gasteiger partial charge in [-0.15, -0.1) is 0 Å². The van der Waals surface area contributed by atoms with Gasteiger partial charge in [0.2, 0.25) is 5.82 Å². The summed E-state index contributed by atoms with van der Waals surface area (Å²) in [4.78, 5) is 22.0. The van der Waals surface area contributed by atoms with Crippen molar-refractivity contribution in [2.75, 3.05) is 18.4 Å². The number of rotatable bonds is 2. The number of pyridine rings is 1. The highest BCUT2D eigenvalue weighted by Crippen LogP contribution is 2.36. The lowest BCUT2D eigenvalue weighted by atomic mass is 10.0. The van der Waals surface area contributed by atoms with Gasteiger partial charge < -0.3 is 14.8 Å². The maximum absolute atomic E-state index is 13.6. The van der Waals surface area contributed by atoms with Crippen LogP contribution in [0.4, 0.5) is 23.7 Å². The second kappa shape index (κ2) is 7.79. The van der Waals surface area contributed by atoms with Gasteiger partial charge in [0.05, 0.1) is 10.7 Å². The number of aromatic nitrogens is 3. The number of benzene rings is 1. The van der Waals surface area contributed by atoms with E-state index >= 15 is 0 Å². The van der Waals surface area contributed by atoms with Gasteiger partial charge in [0.15, 0.2) is 5.65 Å². The molecule has 6 nitrogen and oxygen atoms in total. The number of likely N-dealkylation sites (tertiary alicyclic amines) is 1. The van der Waals surface area contributed by atoms with Crippen LogP contribution >= 0.6 is 11.6 Å². The number of aryl methyl sites for hydroxylation is 1. The predicted octanol–water partition coefficient (Wildman–Crippen LogP) is 5.28. The number of amides is 2. The van der Waals surface area contributed by atoms with Gasteiger partial charge in [0, 0.05) is 25.3 Å². The normalized spacial score (nSPS) is 15.6. The van der Waals surface area contributed by atoms with E-state index in [1.165, 1.54) is 16.8 Å². The van der Waals surface area contributed by atoms with Gasteiger partial charge in [-0.3, -0.25) is 0 Å². The van der Waals surface area contributed by atoms with Crippen LogP contribution in [0.15, 0.2) is 36.5 Å². The summed E-state index contributed by atoms with van der Waals surface area (Å²) in [6.45, 7) is 2.51. The Bertz CT molecular complexity index is 1090. The molecule has 0 bridgehead atoms. The lowest BCUT2D eigenvalue weighted by molar-refractivity contribution is -0.147. The molecular formula is C20H19ClF3N5O. The Hall–Kier alpha value is -2.81. The topological polar surface area (TPSA) is 63.1 Å². The van der Waals surface area contributed by atoms with Crippen LogP contribution in [0.5, 0.6) is 0 Å². The van der Waals surface area contributed by atoms with Gasteiger partial charge in [-0.25, -0.2) is 14.8 Å². The summed E-state index contributed by atoms with van der Waals surface area (Å²) in [5, 5.41) is 3.20. The van der Waals surface area contributed by atoms with Crippen molar-refractivity contribution in [1.29, 1.82) is 0 Å². The minimum absolute atomic E-state index is 0.207. The third-order valence-electron chi connectivity index (χ3n) is 5.19. The number of carbonyl (C=O) groups is 1.